The lowest BCUT2D eigenvalue weighted by atomic mass is 9.86. The minimum absolute atomic E-state index is 0.0654. The molecular weight excluding hydrogens is 408 g/mol. The number of carbonyl (C=O) groups is 2. The van der Waals surface area contributed by atoms with Gasteiger partial charge in [-0.05, 0) is 30.0 Å². The van der Waals surface area contributed by atoms with Gasteiger partial charge in [0.2, 0.25) is 11.8 Å². The Morgan fingerprint density at radius 1 is 1.23 bits per heavy atom. The van der Waals surface area contributed by atoms with Gasteiger partial charge in [0, 0.05) is 30.0 Å². The van der Waals surface area contributed by atoms with Crippen LogP contribution in [0.4, 0.5) is 14.5 Å². The van der Waals surface area contributed by atoms with E-state index in [1.807, 2.05) is 0 Å². The van der Waals surface area contributed by atoms with Gasteiger partial charge < -0.3 is 20.1 Å². The Labute approximate surface area is 177 Å². The summed E-state index contributed by atoms with van der Waals surface area (Å²) in [4.78, 5) is 30.1. The predicted octanol–water partition coefficient (Wildman–Crippen LogP) is 2.54. The highest BCUT2D eigenvalue weighted by atomic mass is 19.1. The van der Waals surface area contributed by atoms with Crippen molar-refractivity contribution >= 4 is 17.5 Å². The molecule has 1 aromatic heterocycles. The van der Waals surface area contributed by atoms with Crippen LogP contribution in [0.3, 0.4) is 0 Å². The van der Waals surface area contributed by atoms with Crippen LogP contribution < -0.4 is 20.1 Å². The minimum atomic E-state index is -0.976. The van der Waals surface area contributed by atoms with Crippen molar-refractivity contribution in [2.45, 2.75) is 31.2 Å². The molecule has 1 fully saturated rings. The van der Waals surface area contributed by atoms with Crippen LogP contribution in [-0.2, 0) is 28.0 Å². The van der Waals surface area contributed by atoms with Crippen LogP contribution in [0.2, 0.25) is 0 Å². The van der Waals surface area contributed by atoms with E-state index in [0.717, 1.165) is 16.5 Å². The van der Waals surface area contributed by atoms with Gasteiger partial charge in [-0.15, -0.1) is 0 Å². The molecule has 9 heteroatoms. The number of pyridine rings is 1. The lowest BCUT2D eigenvalue weighted by Gasteiger charge is -2.35. The van der Waals surface area contributed by atoms with E-state index < -0.39 is 34.6 Å². The van der Waals surface area contributed by atoms with Gasteiger partial charge in [0.1, 0.15) is 5.69 Å². The van der Waals surface area contributed by atoms with Crippen LogP contribution in [-0.4, -0.2) is 31.0 Å². The lowest BCUT2D eigenvalue weighted by molar-refractivity contribution is -0.121. The molecule has 0 radical (unpaired) electrons. The molecule has 1 aliphatic carbocycles. The first-order valence-corrected chi connectivity index (χ1v) is 9.61. The molecule has 1 spiro atoms. The van der Waals surface area contributed by atoms with Crippen LogP contribution in [0.5, 0.6) is 11.5 Å². The number of carbonyl (C=O) groups excluding carboxylic acids is 2. The predicted molar refractivity (Wildman–Crippen MR) is 108 cm³/mol. The maximum atomic E-state index is 15.1. The van der Waals surface area contributed by atoms with Crippen molar-refractivity contribution in [1.29, 1.82) is 0 Å². The number of hydrogen-bond acceptors (Lipinski definition) is 5. The van der Waals surface area contributed by atoms with E-state index in [4.69, 9.17) is 15.2 Å². The Morgan fingerprint density at radius 2 is 1.84 bits per heavy atom. The fourth-order valence-electron chi connectivity index (χ4n) is 4.01. The second kappa shape index (κ2) is 7.33. The van der Waals surface area contributed by atoms with E-state index in [1.165, 1.54) is 14.2 Å². The first kappa shape index (κ1) is 20.8. The summed E-state index contributed by atoms with van der Waals surface area (Å²) in [5, 5.41) is 0. The van der Waals surface area contributed by atoms with E-state index >= 15 is 8.78 Å². The van der Waals surface area contributed by atoms with Gasteiger partial charge in [-0.25, -0.2) is 8.78 Å². The maximum absolute atomic E-state index is 15.1. The quantitative estimate of drug-likeness (QED) is 0.713. The summed E-state index contributed by atoms with van der Waals surface area (Å²) in [5.74, 6) is -3.43. The molecule has 7 nitrogen and oxygen atoms in total. The molecule has 0 atom stereocenters. The Morgan fingerprint density at radius 3 is 2.35 bits per heavy atom. The number of rotatable bonds is 6. The van der Waals surface area contributed by atoms with Crippen molar-refractivity contribution < 1.29 is 27.8 Å². The van der Waals surface area contributed by atoms with Gasteiger partial charge in [0.15, 0.2) is 23.1 Å². The molecule has 0 saturated heterocycles. The molecule has 2 aromatic rings. The van der Waals surface area contributed by atoms with Crippen molar-refractivity contribution in [2.75, 3.05) is 19.1 Å². The number of methoxy groups -OCH3 is 2. The van der Waals surface area contributed by atoms with E-state index in [-0.39, 0.29) is 30.0 Å². The summed E-state index contributed by atoms with van der Waals surface area (Å²) in [6.07, 6.45) is 2.80. The number of nitrogens with two attached hydrogens (primary N) is 1. The van der Waals surface area contributed by atoms with E-state index in [0.29, 0.717) is 24.1 Å². The van der Waals surface area contributed by atoms with Gasteiger partial charge in [0.25, 0.3) is 0 Å². The summed E-state index contributed by atoms with van der Waals surface area (Å²) in [5.41, 5.74) is 6.04. The summed E-state index contributed by atoms with van der Waals surface area (Å²) in [7, 11) is 2.50. The Bertz CT molecular complexity index is 1100. The summed E-state index contributed by atoms with van der Waals surface area (Å²) >= 11 is 0. The van der Waals surface area contributed by atoms with Crippen LogP contribution in [0.1, 0.15) is 29.7 Å². The summed E-state index contributed by atoms with van der Waals surface area (Å²) in [6, 6.07) is 2.85. The Hall–Kier alpha value is -3.49. The normalized spacial score (nSPS) is 16.1. The summed E-state index contributed by atoms with van der Waals surface area (Å²) in [6.45, 7) is 3.57. The molecule has 2 aliphatic rings. The standard InChI is InChI=1S/C22H21F2N3O4/c1-11(20(25)28)6-13-7-14-12(9-26-13)10-27(21(29)22(14)4-5-22)19-17(23)15(30-2)8-16(31-3)18(19)24/h7-9H,1,4-6,10H2,2-3H3,(H2,25,28). The molecule has 0 unspecified atom stereocenters. The zero-order valence-electron chi connectivity index (χ0n) is 17.1. The summed E-state index contributed by atoms with van der Waals surface area (Å²) < 4.78 is 40.1. The van der Waals surface area contributed by atoms with Gasteiger partial charge in [-0.1, -0.05) is 6.58 Å². The molecule has 4 rings (SSSR count). The molecule has 2 amide bonds. The van der Waals surface area contributed by atoms with Crippen LogP contribution >= 0.6 is 0 Å². The number of hydrogen-bond donors (Lipinski definition) is 1. The average Bonchev–Trinajstić information content (AvgIpc) is 3.54. The molecule has 162 valence electrons. The van der Waals surface area contributed by atoms with E-state index in [2.05, 4.69) is 11.6 Å². The van der Waals surface area contributed by atoms with Crippen LogP contribution in [0, 0.1) is 11.6 Å². The number of anilines is 1. The number of primary amides is 1. The van der Waals surface area contributed by atoms with Gasteiger partial charge >= 0.3 is 0 Å². The van der Waals surface area contributed by atoms with Crippen molar-refractivity contribution in [3.63, 3.8) is 0 Å². The maximum Gasteiger partial charge on any atom is 0.244 e. The number of amides is 2. The first-order chi connectivity index (χ1) is 14.7. The second-order valence-electron chi connectivity index (χ2n) is 7.71. The van der Waals surface area contributed by atoms with Gasteiger partial charge in [-0.3, -0.25) is 14.6 Å². The fourth-order valence-corrected chi connectivity index (χ4v) is 4.01. The second-order valence-corrected chi connectivity index (χ2v) is 7.71. The van der Waals surface area contributed by atoms with Crippen molar-refractivity contribution in [2.24, 2.45) is 5.73 Å². The van der Waals surface area contributed by atoms with Crippen LogP contribution in [0.25, 0.3) is 0 Å². The first-order valence-electron chi connectivity index (χ1n) is 9.61. The third-order valence-electron chi connectivity index (χ3n) is 5.86. The van der Waals surface area contributed by atoms with Crippen molar-refractivity contribution in [3.8, 4) is 11.5 Å². The zero-order valence-corrected chi connectivity index (χ0v) is 17.1. The van der Waals surface area contributed by atoms with Gasteiger partial charge in [0.05, 0.1) is 26.2 Å². The monoisotopic (exact) mass is 429 g/mol. The SMILES string of the molecule is C=C(Cc1cc2c(cn1)CN(c1c(F)c(OC)cc(OC)c1F)C(=O)C21CC1)C(N)=O. The molecule has 2 N–H and O–H groups in total. The number of aromatic nitrogens is 1. The highest BCUT2D eigenvalue weighted by Gasteiger charge is 2.57. The highest BCUT2D eigenvalue weighted by molar-refractivity contribution is 6.05. The molecule has 1 aliphatic heterocycles. The van der Waals surface area contributed by atoms with Gasteiger partial charge in [-0.2, -0.15) is 0 Å². The average molecular weight is 429 g/mol. The lowest BCUT2D eigenvalue weighted by Crippen LogP contribution is -2.45. The third-order valence-corrected chi connectivity index (χ3v) is 5.86. The number of ether oxygens (including phenoxy) is 2. The molecule has 0 bridgehead atoms. The number of fused-ring (bicyclic) bond motifs is 2. The zero-order chi connectivity index (χ0) is 22.5. The minimum Gasteiger partial charge on any atom is -0.493 e. The van der Waals surface area contributed by atoms with E-state index in [1.54, 1.807) is 12.3 Å². The molecule has 31 heavy (non-hydrogen) atoms. The van der Waals surface area contributed by atoms with Crippen molar-refractivity contribution in [1.82, 2.24) is 4.98 Å². The van der Waals surface area contributed by atoms with Crippen molar-refractivity contribution in [3.05, 3.63) is 58.9 Å². The molecule has 1 aromatic carbocycles. The van der Waals surface area contributed by atoms with Crippen LogP contribution in [0.15, 0.2) is 30.5 Å². The topological polar surface area (TPSA) is 94.8 Å². The fraction of sp³-hybridized carbons (Fsp3) is 0.318. The smallest absolute Gasteiger partial charge is 0.244 e. The Kier molecular flexibility index (Phi) is 4.91. The molecule has 1 saturated carbocycles. The third kappa shape index (κ3) is 3.20. The number of benzene rings is 1. The van der Waals surface area contributed by atoms with E-state index in [9.17, 15) is 9.59 Å². The molecule has 2 heterocycles. The largest absolute Gasteiger partial charge is 0.493 e. The number of nitrogens with zero attached hydrogens (tertiary/aromatic N) is 2. The Balaban J connectivity index is 1.79. The highest BCUT2D eigenvalue weighted by Crippen LogP contribution is 2.55. The molecular formula is C22H21F2N3O4. The number of halogens is 2.